The molecule has 1 aromatic carbocycles. The van der Waals surface area contributed by atoms with Gasteiger partial charge in [-0.25, -0.2) is 4.79 Å². The van der Waals surface area contributed by atoms with Crippen LogP contribution in [0.5, 0.6) is 11.5 Å². The van der Waals surface area contributed by atoms with Crippen molar-refractivity contribution in [3.8, 4) is 11.5 Å². The fourth-order valence-electron chi connectivity index (χ4n) is 1.70. The van der Waals surface area contributed by atoms with Gasteiger partial charge in [0.05, 0.1) is 19.8 Å². The number of benzene rings is 1. The molecule has 80 valence electrons. The highest BCUT2D eigenvalue weighted by Crippen LogP contribution is 2.38. The van der Waals surface area contributed by atoms with E-state index in [4.69, 9.17) is 14.2 Å². The minimum atomic E-state index is -0.307. The standard InChI is InChI=1S/C11H12O4/c1-6-7-4-9(13-2)10(14-3)5-8(7)11(12)15-6/h4-6H,1-3H3. The molecule has 1 atom stereocenters. The summed E-state index contributed by atoms with van der Waals surface area (Å²) in [6, 6.07) is 3.43. The number of hydrogen-bond donors (Lipinski definition) is 0. The fraction of sp³-hybridized carbons (Fsp3) is 0.364. The molecule has 0 saturated carbocycles. The van der Waals surface area contributed by atoms with E-state index in [1.807, 2.05) is 6.92 Å². The second-order valence-corrected chi connectivity index (χ2v) is 3.34. The van der Waals surface area contributed by atoms with Gasteiger partial charge in [0.25, 0.3) is 0 Å². The van der Waals surface area contributed by atoms with E-state index in [2.05, 4.69) is 0 Å². The summed E-state index contributed by atoms with van der Waals surface area (Å²) in [5.41, 5.74) is 1.40. The van der Waals surface area contributed by atoms with E-state index in [0.717, 1.165) is 5.56 Å². The molecule has 0 spiro atoms. The summed E-state index contributed by atoms with van der Waals surface area (Å²) in [5.74, 6) is 0.849. The number of methoxy groups -OCH3 is 2. The quantitative estimate of drug-likeness (QED) is 0.696. The third-order valence-corrected chi connectivity index (χ3v) is 2.50. The van der Waals surface area contributed by atoms with Gasteiger partial charge in [0.15, 0.2) is 11.5 Å². The SMILES string of the molecule is COc1cc2c(cc1OC)C(C)OC2=O. The highest BCUT2D eigenvalue weighted by Gasteiger charge is 2.29. The Hall–Kier alpha value is -1.71. The molecular weight excluding hydrogens is 196 g/mol. The summed E-state index contributed by atoms with van der Waals surface area (Å²) in [5, 5.41) is 0. The lowest BCUT2D eigenvalue weighted by Crippen LogP contribution is -1.96. The molecule has 0 aromatic heterocycles. The van der Waals surface area contributed by atoms with Gasteiger partial charge in [-0.3, -0.25) is 0 Å². The summed E-state index contributed by atoms with van der Waals surface area (Å²) in [7, 11) is 3.10. The van der Waals surface area contributed by atoms with Crippen LogP contribution in [0.1, 0.15) is 28.9 Å². The van der Waals surface area contributed by atoms with Gasteiger partial charge in [-0.05, 0) is 19.1 Å². The van der Waals surface area contributed by atoms with E-state index < -0.39 is 0 Å². The van der Waals surface area contributed by atoms with Crippen molar-refractivity contribution < 1.29 is 19.0 Å². The van der Waals surface area contributed by atoms with E-state index >= 15 is 0 Å². The summed E-state index contributed by atoms with van der Waals surface area (Å²) in [4.78, 5) is 11.4. The van der Waals surface area contributed by atoms with Crippen molar-refractivity contribution in [3.63, 3.8) is 0 Å². The Morgan fingerprint density at radius 2 is 1.80 bits per heavy atom. The highest BCUT2D eigenvalue weighted by atomic mass is 16.5. The number of carbonyl (C=O) groups is 1. The lowest BCUT2D eigenvalue weighted by molar-refractivity contribution is 0.0421. The largest absolute Gasteiger partial charge is 0.493 e. The number of hydrogen-bond acceptors (Lipinski definition) is 4. The van der Waals surface area contributed by atoms with Gasteiger partial charge >= 0.3 is 5.97 Å². The second kappa shape index (κ2) is 3.46. The molecule has 0 saturated heterocycles. The van der Waals surface area contributed by atoms with Gasteiger partial charge in [0, 0.05) is 5.56 Å². The van der Waals surface area contributed by atoms with Crippen molar-refractivity contribution in [2.75, 3.05) is 14.2 Å². The molecule has 0 bridgehead atoms. The van der Waals surface area contributed by atoms with Crippen LogP contribution < -0.4 is 9.47 Å². The number of fused-ring (bicyclic) bond motifs is 1. The summed E-state index contributed by atoms with van der Waals surface area (Å²) in [6.07, 6.45) is -0.215. The van der Waals surface area contributed by atoms with Crippen molar-refractivity contribution in [3.05, 3.63) is 23.3 Å². The van der Waals surface area contributed by atoms with Crippen molar-refractivity contribution in [1.82, 2.24) is 0 Å². The van der Waals surface area contributed by atoms with Gasteiger partial charge in [-0.1, -0.05) is 0 Å². The Kier molecular flexibility index (Phi) is 2.26. The van der Waals surface area contributed by atoms with Gasteiger partial charge < -0.3 is 14.2 Å². The van der Waals surface area contributed by atoms with E-state index in [9.17, 15) is 4.79 Å². The Morgan fingerprint density at radius 3 is 2.40 bits per heavy atom. The third kappa shape index (κ3) is 1.42. The topological polar surface area (TPSA) is 44.8 Å². The molecule has 0 amide bonds. The van der Waals surface area contributed by atoms with E-state index in [0.29, 0.717) is 17.1 Å². The van der Waals surface area contributed by atoms with Crippen LogP contribution in [0.2, 0.25) is 0 Å². The minimum Gasteiger partial charge on any atom is -0.493 e. The summed E-state index contributed by atoms with van der Waals surface area (Å²) in [6.45, 7) is 1.83. The third-order valence-electron chi connectivity index (χ3n) is 2.50. The Balaban J connectivity index is 2.58. The van der Waals surface area contributed by atoms with E-state index in [1.165, 1.54) is 7.11 Å². The molecule has 1 unspecified atom stereocenters. The molecule has 0 aliphatic carbocycles. The molecule has 4 nitrogen and oxygen atoms in total. The maximum Gasteiger partial charge on any atom is 0.339 e. The zero-order valence-electron chi connectivity index (χ0n) is 8.87. The lowest BCUT2D eigenvalue weighted by atomic mass is 10.1. The molecular formula is C11H12O4. The molecule has 1 aliphatic heterocycles. The van der Waals surface area contributed by atoms with Crippen LogP contribution in [0.25, 0.3) is 0 Å². The maximum absolute atomic E-state index is 11.4. The van der Waals surface area contributed by atoms with Crippen LogP contribution in [0.4, 0.5) is 0 Å². The fourth-order valence-corrected chi connectivity index (χ4v) is 1.70. The van der Waals surface area contributed by atoms with Crippen molar-refractivity contribution in [2.24, 2.45) is 0 Å². The normalized spacial score (nSPS) is 18.3. The first-order valence-corrected chi connectivity index (χ1v) is 4.64. The summed E-state index contributed by atoms with van der Waals surface area (Å²) < 4.78 is 15.3. The molecule has 2 rings (SSSR count). The molecule has 0 N–H and O–H groups in total. The van der Waals surface area contributed by atoms with E-state index in [-0.39, 0.29) is 12.1 Å². The number of esters is 1. The zero-order chi connectivity index (χ0) is 11.0. The Morgan fingerprint density at radius 1 is 1.20 bits per heavy atom. The highest BCUT2D eigenvalue weighted by molar-refractivity contribution is 5.95. The van der Waals surface area contributed by atoms with Gasteiger partial charge in [0.1, 0.15) is 6.10 Å². The first-order valence-electron chi connectivity index (χ1n) is 4.64. The summed E-state index contributed by atoms with van der Waals surface area (Å²) >= 11 is 0. The minimum absolute atomic E-state index is 0.215. The van der Waals surface area contributed by atoms with Crippen molar-refractivity contribution in [1.29, 1.82) is 0 Å². The second-order valence-electron chi connectivity index (χ2n) is 3.34. The molecule has 0 radical (unpaired) electrons. The van der Waals surface area contributed by atoms with E-state index in [1.54, 1.807) is 19.2 Å². The van der Waals surface area contributed by atoms with Gasteiger partial charge in [-0.2, -0.15) is 0 Å². The number of rotatable bonds is 2. The average Bonchev–Trinajstić information content (AvgIpc) is 2.52. The van der Waals surface area contributed by atoms with Crippen LogP contribution in [0.3, 0.4) is 0 Å². The Labute approximate surface area is 87.8 Å². The van der Waals surface area contributed by atoms with Crippen LogP contribution >= 0.6 is 0 Å². The maximum atomic E-state index is 11.4. The zero-order valence-corrected chi connectivity index (χ0v) is 8.87. The molecule has 1 heterocycles. The number of cyclic esters (lactones) is 1. The monoisotopic (exact) mass is 208 g/mol. The Bertz CT molecular complexity index is 411. The molecule has 1 aliphatic rings. The van der Waals surface area contributed by atoms with Crippen LogP contribution in [-0.4, -0.2) is 20.2 Å². The molecule has 4 heteroatoms. The average molecular weight is 208 g/mol. The predicted molar refractivity (Wildman–Crippen MR) is 53.4 cm³/mol. The molecule has 1 aromatic rings. The van der Waals surface area contributed by atoms with Gasteiger partial charge in [-0.15, -0.1) is 0 Å². The number of ether oxygens (including phenoxy) is 3. The van der Waals surface area contributed by atoms with Gasteiger partial charge in [0.2, 0.25) is 0 Å². The smallest absolute Gasteiger partial charge is 0.339 e. The van der Waals surface area contributed by atoms with Crippen LogP contribution in [0, 0.1) is 0 Å². The lowest BCUT2D eigenvalue weighted by Gasteiger charge is -2.09. The van der Waals surface area contributed by atoms with Crippen LogP contribution in [-0.2, 0) is 4.74 Å². The first kappa shape index (κ1) is 9.83. The first-order chi connectivity index (χ1) is 7.17. The predicted octanol–water partition coefficient (Wildman–Crippen LogP) is 1.94. The van der Waals surface area contributed by atoms with Crippen LogP contribution in [0.15, 0.2) is 12.1 Å². The molecule has 15 heavy (non-hydrogen) atoms. The van der Waals surface area contributed by atoms with Crippen molar-refractivity contribution in [2.45, 2.75) is 13.0 Å². The molecule has 0 fully saturated rings. The number of carbonyl (C=O) groups excluding carboxylic acids is 1. The van der Waals surface area contributed by atoms with Crippen molar-refractivity contribution >= 4 is 5.97 Å².